The van der Waals surface area contributed by atoms with Crippen LogP contribution in [-0.4, -0.2) is 41.0 Å². The molecule has 1 saturated carbocycles. The first-order valence-corrected chi connectivity index (χ1v) is 9.55. The van der Waals surface area contributed by atoms with Gasteiger partial charge in [0.1, 0.15) is 5.69 Å². The van der Waals surface area contributed by atoms with Crippen molar-refractivity contribution in [1.82, 2.24) is 9.88 Å². The van der Waals surface area contributed by atoms with E-state index >= 15 is 0 Å². The second kappa shape index (κ2) is 7.44. The molecule has 0 unspecified atom stereocenters. The number of rotatable bonds is 3. The molecule has 4 rings (SSSR count). The van der Waals surface area contributed by atoms with Gasteiger partial charge in [-0.1, -0.05) is 37.1 Å². The van der Waals surface area contributed by atoms with Gasteiger partial charge in [0.05, 0.1) is 5.52 Å². The molecule has 136 valence electrons. The molecule has 2 heterocycles. The van der Waals surface area contributed by atoms with Crippen molar-refractivity contribution in [1.29, 1.82) is 0 Å². The van der Waals surface area contributed by atoms with E-state index in [1.807, 2.05) is 35.2 Å². The van der Waals surface area contributed by atoms with Gasteiger partial charge in [-0.3, -0.25) is 4.79 Å². The summed E-state index contributed by atoms with van der Waals surface area (Å²) in [6, 6.07) is 11.4. The largest absolute Gasteiger partial charge is 0.451 e. The molecule has 1 aliphatic carbocycles. The molecule has 1 saturated heterocycles. The van der Waals surface area contributed by atoms with Crippen molar-refractivity contribution in [3.05, 3.63) is 42.1 Å². The van der Waals surface area contributed by atoms with Gasteiger partial charge in [0.2, 0.25) is 0 Å². The third-order valence-corrected chi connectivity index (χ3v) is 5.70. The van der Waals surface area contributed by atoms with E-state index in [1.165, 1.54) is 25.7 Å². The van der Waals surface area contributed by atoms with Crippen LogP contribution in [0.1, 0.15) is 49.0 Å². The highest BCUT2D eigenvalue weighted by Crippen LogP contribution is 2.35. The molecule has 2 atom stereocenters. The van der Waals surface area contributed by atoms with Crippen LogP contribution < -0.4 is 0 Å². The number of hydrogen-bond acceptors (Lipinski definition) is 4. The van der Waals surface area contributed by atoms with Crippen molar-refractivity contribution in [3.8, 4) is 0 Å². The molecule has 5 heteroatoms. The van der Waals surface area contributed by atoms with Gasteiger partial charge in [-0.2, -0.15) is 0 Å². The first kappa shape index (κ1) is 17.0. The van der Waals surface area contributed by atoms with Crippen molar-refractivity contribution in [3.63, 3.8) is 0 Å². The lowest BCUT2D eigenvalue weighted by Crippen LogP contribution is -2.50. The normalized spacial score (nSPS) is 22.7. The Hall–Kier alpha value is -2.43. The number of carbonyl (C=O) groups excluding carboxylic acids is 2. The fourth-order valence-electron chi connectivity index (χ4n) is 4.40. The maximum absolute atomic E-state index is 12.6. The lowest BCUT2D eigenvalue weighted by atomic mass is 9.78. The van der Waals surface area contributed by atoms with Gasteiger partial charge in [0.25, 0.3) is 5.91 Å². The summed E-state index contributed by atoms with van der Waals surface area (Å²) >= 11 is 0. The molecular formula is C21H24N2O3. The summed E-state index contributed by atoms with van der Waals surface area (Å²) in [5, 5.41) is 0.969. The number of carbonyl (C=O) groups is 2. The Labute approximate surface area is 153 Å². The van der Waals surface area contributed by atoms with Crippen LogP contribution in [0.4, 0.5) is 0 Å². The Balaban J connectivity index is 1.39. The van der Waals surface area contributed by atoms with Crippen LogP contribution in [-0.2, 0) is 9.53 Å². The zero-order chi connectivity index (χ0) is 17.9. The zero-order valence-electron chi connectivity index (χ0n) is 14.9. The highest BCUT2D eigenvalue weighted by molar-refractivity contribution is 5.92. The van der Waals surface area contributed by atoms with Crippen molar-refractivity contribution in [2.45, 2.75) is 44.6 Å². The number of aromatic nitrogens is 1. The van der Waals surface area contributed by atoms with E-state index in [1.54, 1.807) is 6.07 Å². The van der Waals surface area contributed by atoms with Gasteiger partial charge in [-0.05, 0) is 43.7 Å². The Morgan fingerprint density at radius 3 is 2.77 bits per heavy atom. The topological polar surface area (TPSA) is 59.5 Å². The van der Waals surface area contributed by atoms with E-state index in [9.17, 15) is 9.59 Å². The number of esters is 1. The standard InChI is InChI=1S/C21H24N2O3/c24-20(23-13-5-8-16-7-2-4-10-19(16)23)14-26-21(25)18-12-11-15-6-1-3-9-17(15)22-18/h1,3,6,9,11-12,16,19H,2,4-5,7-8,10,13-14H2/t16-,19-/m1/s1. The van der Waals surface area contributed by atoms with Gasteiger partial charge in [0.15, 0.2) is 6.61 Å². The Morgan fingerprint density at radius 2 is 1.85 bits per heavy atom. The van der Waals surface area contributed by atoms with E-state index in [4.69, 9.17) is 4.74 Å². The number of piperidine rings is 1. The smallest absolute Gasteiger partial charge is 0.357 e. The molecule has 1 aromatic heterocycles. The van der Waals surface area contributed by atoms with Crippen molar-refractivity contribution < 1.29 is 14.3 Å². The maximum atomic E-state index is 12.6. The molecule has 0 bridgehead atoms. The number of benzene rings is 1. The Bertz CT molecular complexity index is 818. The summed E-state index contributed by atoms with van der Waals surface area (Å²) in [5.41, 5.74) is 0.986. The van der Waals surface area contributed by atoms with Crippen LogP contribution in [0.15, 0.2) is 36.4 Å². The highest BCUT2D eigenvalue weighted by atomic mass is 16.5. The third-order valence-electron chi connectivity index (χ3n) is 5.70. The van der Waals surface area contributed by atoms with E-state index in [2.05, 4.69) is 4.98 Å². The number of ether oxygens (including phenoxy) is 1. The molecule has 5 nitrogen and oxygen atoms in total. The lowest BCUT2D eigenvalue weighted by Gasteiger charge is -2.44. The molecule has 0 radical (unpaired) electrons. The highest BCUT2D eigenvalue weighted by Gasteiger charge is 2.35. The number of para-hydroxylation sites is 1. The molecular weight excluding hydrogens is 328 g/mol. The zero-order valence-corrected chi connectivity index (χ0v) is 14.9. The summed E-state index contributed by atoms with van der Waals surface area (Å²) in [6.07, 6.45) is 7.02. The molecule has 1 aromatic carbocycles. The number of amides is 1. The monoisotopic (exact) mass is 352 g/mol. The summed E-state index contributed by atoms with van der Waals surface area (Å²) in [7, 11) is 0. The van der Waals surface area contributed by atoms with Crippen LogP contribution >= 0.6 is 0 Å². The van der Waals surface area contributed by atoms with E-state index in [0.29, 0.717) is 12.0 Å². The number of likely N-dealkylation sites (tertiary alicyclic amines) is 1. The predicted octanol–water partition coefficient (Wildman–Crippen LogP) is 3.57. The average Bonchev–Trinajstić information content (AvgIpc) is 2.71. The molecule has 2 aromatic rings. The fraction of sp³-hybridized carbons (Fsp3) is 0.476. The minimum Gasteiger partial charge on any atom is -0.451 e. The van der Waals surface area contributed by atoms with Gasteiger partial charge < -0.3 is 9.64 Å². The third kappa shape index (κ3) is 3.43. The maximum Gasteiger partial charge on any atom is 0.357 e. The predicted molar refractivity (Wildman–Crippen MR) is 98.7 cm³/mol. The lowest BCUT2D eigenvalue weighted by molar-refractivity contribution is -0.140. The molecule has 2 aliphatic rings. The van der Waals surface area contributed by atoms with E-state index < -0.39 is 5.97 Å². The molecule has 2 fully saturated rings. The van der Waals surface area contributed by atoms with E-state index in [-0.39, 0.29) is 18.2 Å². The van der Waals surface area contributed by atoms with Crippen molar-refractivity contribution in [2.24, 2.45) is 5.92 Å². The van der Waals surface area contributed by atoms with Gasteiger partial charge in [-0.15, -0.1) is 0 Å². The summed E-state index contributed by atoms with van der Waals surface area (Å²) in [5.74, 6) is 0.0105. The Kier molecular flexibility index (Phi) is 4.87. The minimum atomic E-state index is -0.540. The van der Waals surface area contributed by atoms with Crippen molar-refractivity contribution in [2.75, 3.05) is 13.2 Å². The fourth-order valence-corrected chi connectivity index (χ4v) is 4.40. The second-order valence-corrected chi connectivity index (χ2v) is 7.31. The van der Waals surface area contributed by atoms with Crippen LogP contribution in [0.3, 0.4) is 0 Å². The van der Waals surface area contributed by atoms with Crippen LogP contribution in [0, 0.1) is 5.92 Å². The summed E-state index contributed by atoms with van der Waals surface area (Å²) in [6.45, 7) is 0.586. The van der Waals surface area contributed by atoms with Gasteiger partial charge in [-0.25, -0.2) is 9.78 Å². The minimum absolute atomic E-state index is 0.0734. The number of fused-ring (bicyclic) bond motifs is 2. The second-order valence-electron chi connectivity index (χ2n) is 7.31. The molecule has 26 heavy (non-hydrogen) atoms. The molecule has 0 spiro atoms. The van der Waals surface area contributed by atoms with Crippen LogP contribution in [0.5, 0.6) is 0 Å². The SMILES string of the molecule is O=C(OCC(=O)N1CCC[C@H]2CCCC[C@H]21)c1ccc2ccccc2n1. The van der Waals surface area contributed by atoms with Crippen LogP contribution in [0.25, 0.3) is 10.9 Å². The molecule has 1 aliphatic heterocycles. The quantitative estimate of drug-likeness (QED) is 0.793. The molecule has 1 amide bonds. The number of pyridine rings is 1. The molecule has 0 N–H and O–H groups in total. The number of hydrogen-bond donors (Lipinski definition) is 0. The van der Waals surface area contributed by atoms with E-state index in [0.717, 1.165) is 30.3 Å². The average molecular weight is 352 g/mol. The van der Waals surface area contributed by atoms with Gasteiger partial charge >= 0.3 is 5.97 Å². The Morgan fingerprint density at radius 1 is 1.04 bits per heavy atom. The summed E-state index contributed by atoms with van der Waals surface area (Å²) < 4.78 is 5.28. The first-order chi connectivity index (χ1) is 12.7. The number of nitrogens with zero attached hydrogens (tertiary/aromatic N) is 2. The summed E-state index contributed by atoms with van der Waals surface area (Å²) in [4.78, 5) is 31.2. The van der Waals surface area contributed by atoms with Crippen LogP contribution in [0.2, 0.25) is 0 Å². The first-order valence-electron chi connectivity index (χ1n) is 9.55. The van der Waals surface area contributed by atoms with Gasteiger partial charge in [0, 0.05) is 18.0 Å². The van der Waals surface area contributed by atoms with Crippen molar-refractivity contribution >= 4 is 22.8 Å².